The lowest BCUT2D eigenvalue weighted by molar-refractivity contribution is -0.126. The largest absolute Gasteiger partial charge is 0.494 e. The highest BCUT2D eigenvalue weighted by atomic mass is 16.5. The number of carbonyl (C=O) groups excluding carboxylic acids is 1. The van der Waals surface area contributed by atoms with Crippen LogP contribution in [-0.4, -0.2) is 50.3 Å². The zero-order chi connectivity index (χ0) is 17.9. The number of piperidine rings is 1. The lowest BCUT2D eigenvalue weighted by Gasteiger charge is -2.31. The molecule has 0 saturated carbocycles. The maximum Gasteiger partial charge on any atom is 0.223 e. The first kappa shape index (κ1) is 19.7. The normalized spacial score (nSPS) is 15.9. The number of nitrogens with zero attached hydrogens (tertiary/aromatic N) is 1. The topological polar surface area (TPSA) is 50.8 Å². The Morgan fingerprint density at radius 1 is 1.16 bits per heavy atom. The van der Waals surface area contributed by atoms with Crippen molar-refractivity contribution in [3.05, 3.63) is 29.8 Å². The summed E-state index contributed by atoms with van der Waals surface area (Å²) >= 11 is 0. The molecule has 2 rings (SSSR count). The maximum atomic E-state index is 12.2. The van der Waals surface area contributed by atoms with Gasteiger partial charge in [0.1, 0.15) is 5.75 Å². The van der Waals surface area contributed by atoms with Crippen molar-refractivity contribution in [2.45, 2.75) is 39.7 Å². The number of likely N-dealkylation sites (tertiary alicyclic amines) is 1. The molecule has 0 aliphatic carbocycles. The van der Waals surface area contributed by atoms with E-state index in [1.807, 2.05) is 26.0 Å². The molecular formula is C20H32N2O3. The van der Waals surface area contributed by atoms with Crippen molar-refractivity contribution in [2.24, 2.45) is 5.92 Å². The van der Waals surface area contributed by atoms with Crippen LogP contribution in [0.1, 0.15) is 38.7 Å². The van der Waals surface area contributed by atoms with Crippen LogP contribution in [0.3, 0.4) is 0 Å². The summed E-state index contributed by atoms with van der Waals surface area (Å²) in [7, 11) is 0. The van der Waals surface area contributed by atoms with Gasteiger partial charge in [0.05, 0.1) is 6.61 Å². The van der Waals surface area contributed by atoms with Gasteiger partial charge < -0.3 is 14.8 Å². The Hall–Kier alpha value is -1.59. The van der Waals surface area contributed by atoms with Gasteiger partial charge in [-0.2, -0.15) is 0 Å². The van der Waals surface area contributed by atoms with Crippen molar-refractivity contribution in [1.29, 1.82) is 0 Å². The summed E-state index contributed by atoms with van der Waals surface area (Å²) in [5.74, 6) is 1.28. The molecule has 1 fully saturated rings. The van der Waals surface area contributed by atoms with E-state index in [1.54, 1.807) is 0 Å². The molecule has 0 spiro atoms. The van der Waals surface area contributed by atoms with Gasteiger partial charge in [-0.15, -0.1) is 0 Å². The standard InChI is InChI=1S/C20H32N2O3/c1-3-24-15-5-12-21-20(23)18-10-13-22(14-11-18)16-17-6-8-19(9-7-17)25-4-2/h6-9,18H,3-5,10-16H2,1-2H3,(H,21,23). The summed E-state index contributed by atoms with van der Waals surface area (Å²) in [5, 5.41) is 3.04. The van der Waals surface area contributed by atoms with Crippen LogP contribution in [0.2, 0.25) is 0 Å². The first-order valence-electron chi connectivity index (χ1n) is 9.52. The van der Waals surface area contributed by atoms with Gasteiger partial charge in [0.15, 0.2) is 0 Å². The average molecular weight is 348 g/mol. The average Bonchev–Trinajstić information content (AvgIpc) is 2.64. The number of hydrogen-bond donors (Lipinski definition) is 1. The number of hydrogen-bond acceptors (Lipinski definition) is 4. The number of carbonyl (C=O) groups is 1. The van der Waals surface area contributed by atoms with Gasteiger partial charge in [-0.25, -0.2) is 0 Å². The predicted molar refractivity (Wildman–Crippen MR) is 99.7 cm³/mol. The molecule has 1 saturated heterocycles. The molecule has 25 heavy (non-hydrogen) atoms. The Bertz CT molecular complexity index is 496. The summed E-state index contributed by atoms with van der Waals surface area (Å²) in [6.07, 6.45) is 2.76. The van der Waals surface area contributed by atoms with Gasteiger partial charge in [-0.3, -0.25) is 9.69 Å². The number of benzene rings is 1. The summed E-state index contributed by atoms with van der Waals surface area (Å²) in [6.45, 7) is 9.74. The van der Waals surface area contributed by atoms with E-state index in [1.165, 1.54) is 5.56 Å². The van der Waals surface area contributed by atoms with E-state index in [0.29, 0.717) is 13.2 Å². The number of ether oxygens (including phenoxy) is 2. The Labute approximate surface area is 151 Å². The van der Waals surface area contributed by atoms with E-state index in [-0.39, 0.29) is 11.8 Å². The molecule has 140 valence electrons. The quantitative estimate of drug-likeness (QED) is 0.661. The van der Waals surface area contributed by atoms with Gasteiger partial charge in [-0.1, -0.05) is 12.1 Å². The highest BCUT2D eigenvalue weighted by Gasteiger charge is 2.24. The minimum atomic E-state index is 0.156. The van der Waals surface area contributed by atoms with Crippen LogP contribution in [0, 0.1) is 5.92 Å². The second-order valence-corrected chi connectivity index (χ2v) is 6.47. The Kier molecular flexibility index (Phi) is 8.77. The third-order valence-corrected chi connectivity index (χ3v) is 4.57. The van der Waals surface area contributed by atoms with E-state index in [2.05, 4.69) is 22.3 Å². The second kappa shape index (κ2) is 11.1. The summed E-state index contributed by atoms with van der Waals surface area (Å²) < 4.78 is 10.8. The molecule has 0 bridgehead atoms. The molecule has 5 nitrogen and oxygen atoms in total. The molecule has 1 N–H and O–H groups in total. The Morgan fingerprint density at radius 2 is 1.88 bits per heavy atom. The van der Waals surface area contributed by atoms with E-state index >= 15 is 0 Å². The third-order valence-electron chi connectivity index (χ3n) is 4.57. The number of rotatable bonds is 10. The van der Waals surface area contributed by atoms with Gasteiger partial charge in [0.2, 0.25) is 5.91 Å². The molecular weight excluding hydrogens is 316 g/mol. The molecule has 0 aromatic heterocycles. The van der Waals surface area contributed by atoms with Crippen LogP contribution >= 0.6 is 0 Å². The van der Waals surface area contributed by atoms with Crippen LogP contribution in [0.5, 0.6) is 5.75 Å². The van der Waals surface area contributed by atoms with Crippen molar-refractivity contribution < 1.29 is 14.3 Å². The zero-order valence-electron chi connectivity index (χ0n) is 15.6. The third kappa shape index (κ3) is 7.04. The first-order valence-corrected chi connectivity index (χ1v) is 9.52. The number of amides is 1. The van der Waals surface area contributed by atoms with Crippen LogP contribution in [0.15, 0.2) is 24.3 Å². The van der Waals surface area contributed by atoms with Crippen molar-refractivity contribution >= 4 is 5.91 Å². The predicted octanol–water partition coefficient (Wildman–Crippen LogP) is 2.84. The van der Waals surface area contributed by atoms with Crippen LogP contribution in [0.25, 0.3) is 0 Å². The fourth-order valence-electron chi connectivity index (χ4n) is 3.14. The first-order chi connectivity index (χ1) is 12.2. The van der Waals surface area contributed by atoms with Crippen molar-refractivity contribution in [2.75, 3.05) is 39.5 Å². The van der Waals surface area contributed by atoms with E-state index in [4.69, 9.17) is 9.47 Å². The Balaban J connectivity index is 1.66. The van der Waals surface area contributed by atoms with Gasteiger partial charge >= 0.3 is 0 Å². The summed E-state index contributed by atoms with van der Waals surface area (Å²) in [5.41, 5.74) is 1.29. The minimum Gasteiger partial charge on any atom is -0.494 e. The molecule has 5 heteroatoms. The van der Waals surface area contributed by atoms with E-state index < -0.39 is 0 Å². The van der Waals surface area contributed by atoms with E-state index in [9.17, 15) is 4.79 Å². The highest BCUT2D eigenvalue weighted by molar-refractivity contribution is 5.78. The molecule has 1 aliphatic rings. The molecule has 0 atom stereocenters. The van der Waals surface area contributed by atoms with Crippen molar-refractivity contribution in [1.82, 2.24) is 10.2 Å². The molecule has 1 aliphatic heterocycles. The molecule has 1 aromatic carbocycles. The van der Waals surface area contributed by atoms with Gasteiger partial charge in [0, 0.05) is 32.2 Å². The SMILES string of the molecule is CCOCCCNC(=O)C1CCN(Cc2ccc(OCC)cc2)CC1. The fourth-order valence-corrected chi connectivity index (χ4v) is 3.14. The highest BCUT2D eigenvalue weighted by Crippen LogP contribution is 2.20. The van der Waals surface area contributed by atoms with Gasteiger partial charge in [-0.05, 0) is 63.9 Å². The molecule has 1 heterocycles. The maximum absolute atomic E-state index is 12.2. The van der Waals surface area contributed by atoms with Crippen LogP contribution < -0.4 is 10.1 Å². The Morgan fingerprint density at radius 3 is 2.52 bits per heavy atom. The monoisotopic (exact) mass is 348 g/mol. The van der Waals surface area contributed by atoms with Crippen molar-refractivity contribution in [3.63, 3.8) is 0 Å². The van der Waals surface area contributed by atoms with Crippen LogP contribution in [-0.2, 0) is 16.1 Å². The second-order valence-electron chi connectivity index (χ2n) is 6.47. The fraction of sp³-hybridized carbons (Fsp3) is 0.650. The minimum absolute atomic E-state index is 0.156. The van der Waals surface area contributed by atoms with Crippen molar-refractivity contribution in [3.8, 4) is 5.75 Å². The molecule has 1 aromatic rings. The molecule has 0 radical (unpaired) electrons. The lowest BCUT2D eigenvalue weighted by atomic mass is 9.95. The molecule has 0 unspecified atom stereocenters. The summed E-state index contributed by atoms with van der Waals surface area (Å²) in [4.78, 5) is 14.6. The van der Waals surface area contributed by atoms with Gasteiger partial charge in [0.25, 0.3) is 0 Å². The smallest absolute Gasteiger partial charge is 0.223 e. The van der Waals surface area contributed by atoms with Crippen LogP contribution in [0.4, 0.5) is 0 Å². The van der Waals surface area contributed by atoms with E-state index in [0.717, 1.165) is 57.9 Å². The lowest BCUT2D eigenvalue weighted by Crippen LogP contribution is -2.40. The zero-order valence-corrected chi connectivity index (χ0v) is 15.6. The molecule has 1 amide bonds. The summed E-state index contributed by atoms with van der Waals surface area (Å²) in [6, 6.07) is 8.31. The number of nitrogens with one attached hydrogen (secondary N) is 1.